The zero-order valence-electron chi connectivity index (χ0n) is 19.8. The van der Waals surface area contributed by atoms with Gasteiger partial charge >= 0.3 is 0 Å². The molecule has 3 aromatic rings. The molecular weight excluding hydrogens is 467 g/mol. The summed E-state index contributed by atoms with van der Waals surface area (Å²) < 4.78 is 14.7. The molecule has 4 N–H and O–H groups in total. The first-order valence-corrected chi connectivity index (χ1v) is 11.9. The van der Waals surface area contributed by atoms with E-state index in [1.165, 1.54) is 16.7 Å². The minimum absolute atomic E-state index is 0.0199. The van der Waals surface area contributed by atoms with Gasteiger partial charge in [-0.1, -0.05) is 12.1 Å². The van der Waals surface area contributed by atoms with E-state index < -0.39 is 24.2 Å². The van der Waals surface area contributed by atoms with Crippen LogP contribution in [-0.4, -0.2) is 62.3 Å². The lowest BCUT2D eigenvalue weighted by atomic mass is 9.98. The summed E-state index contributed by atoms with van der Waals surface area (Å²) in [5, 5.41) is 19.5. The van der Waals surface area contributed by atoms with Crippen LogP contribution in [0.3, 0.4) is 0 Å². The summed E-state index contributed by atoms with van der Waals surface area (Å²) in [6, 6.07) is 7.82. The number of fused-ring (bicyclic) bond motifs is 1. The van der Waals surface area contributed by atoms with Gasteiger partial charge in [-0.2, -0.15) is 0 Å². The Hall–Kier alpha value is -3.63. The van der Waals surface area contributed by atoms with Crippen LogP contribution in [0.2, 0.25) is 0 Å². The Kier molecular flexibility index (Phi) is 7.76. The predicted molar refractivity (Wildman–Crippen MR) is 131 cm³/mol. The molecule has 1 aromatic carbocycles. The molecule has 0 radical (unpaired) electrons. The van der Waals surface area contributed by atoms with E-state index in [4.69, 9.17) is 5.73 Å². The molecule has 0 saturated carbocycles. The summed E-state index contributed by atoms with van der Waals surface area (Å²) in [5.41, 5.74) is 7.14. The first kappa shape index (κ1) is 25.5. The maximum Gasteiger partial charge on any atom is 0.264 e. The average Bonchev–Trinajstić information content (AvgIpc) is 2.85. The highest BCUT2D eigenvalue weighted by Gasteiger charge is 2.25. The van der Waals surface area contributed by atoms with E-state index in [1.807, 2.05) is 0 Å². The highest BCUT2D eigenvalue weighted by atomic mass is 19.1. The molecule has 0 bridgehead atoms. The molecule has 10 heteroatoms. The third kappa shape index (κ3) is 5.44. The molecule has 3 heterocycles. The smallest absolute Gasteiger partial charge is 0.264 e. The number of aliphatic hydroxyl groups excluding tert-OH is 2. The predicted octanol–water partition coefficient (Wildman–Crippen LogP) is 1.13. The van der Waals surface area contributed by atoms with Crippen LogP contribution in [0.15, 0.2) is 41.3 Å². The molecule has 1 saturated heterocycles. The average molecular weight is 497 g/mol. The number of nitrogens with two attached hydrogens (primary N) is 1. The van der Waals surface area contributed by atoms with Gasteiger partial charge in [0.2, 0.25) is 5.91 Å². The SMILES string of the molecule is NC(=O)c1c(CC(O)CO)c2ncc(Cc3ccc(F)cc3)cc2n(CCN2CCCCC2=O)c1=O. The molecule has 9 nitrogen and oxygen atoms in total. The van der Waals surface area contributed by atoms with Gasteiger partial charge in [0.1, 0.15) is 11.4 Å². The van der Waals surface area contributed by atoms with Gasteiger partial charge < -0.3 is 25.4 Å². The molecule has 1 unspecified atom stereocenters. The first-order valence-electron chi connectivity index (χ1n) is 11.9. The van der Waals surface area contributed by atoms with E-state index in [0.29, 0.717) is 30.4 Å². The van der Waals surface area contributed by atoms with Gasteiger partial charge in [-0.25, -0.2) is 4.39 Å². The Morgan fingerprint density at radius 1 is 1.14 bits per heavy atom. The number of primary amides is 1. The molecule has 4 rings (SSSR count). The van der Waals surface area contributed by atoms with Gasteiger partial charge in [-0.15, -0.1) is 0 Å². The molecule has 0 spiro atoms. The second-order valence-electron chi connectivity index (χ2n) is 9.07. The van der Waals surface area contributed by atoms with E-state index in [9.17, 15) is 29.0 Å². The van der Waals surface area contributed by atoms with Gasteiger partial charge in [0.15, 0.2) is 0 Å². The van der Waals surface area contributed by atoms with Crippen molar-refractivity contribution >= 4 is 22.8 Å². The van der Waals surface area contributed by atoms with Crippen molar-refractivity contribution in [1.82, 2.24) is 14.5 Å². The lowest BCUT2D eigenvalue weighted by molar-refractivity contribution is -0.133. The number of likely N-dealkylation sites (tertiary alicyclic amines) is 1. The fraction of sp³-hybridized carbons (Fsp3) is 0.385. The van der Waals surface area contributed by atoms with Crippen LogP contribution in [0.5, 0.6) is 0 Å². The Labute approximate surface area is 207 Å². The van der Waals surface area contributed by atoms with E-state index in [1.54, 1.807) is 29.3 Å². The maximum atomic E-state index is 13.5. The number of hydrogen-bond donors (Lipinski definition) is 3. The number of aliphatic hydroxyl groups is 2. The number of pyridine rings is 2. The lowest BCUT2D eigenvalue weighted by Gasteiger charge is -2.27. The van der Waals surface area contributed by atoms with Crippen molar-refractivity contribution in [3.05, 3.63) is 75.0 Å². The minimum atomic E-state index is -1.21. The molecule has 1 atom stereocenters. The molecular formula is C26H29FN4O5. The molecule has 2 aromatic heterocycles. The van der Waals surface area contributed by atoms with Gasteiger partial charge in [0, 0.05) is 44.2 Å². The summed E-state index contributed by atoms with van der Waals surface area (Å²) >= 11 is 0. The number of piperidine rings is 1. The second-order valence-corrected chi connectivity index (χ2v) is 9.07. The monoisotopic (exact) mass is 496 g/mol. The van der Waals surface area contributed by atoms with E-state index >= 15 is 0 Å². The van der Waals surface area contributed by atoms with Crippen molar-refractivity contribution in [2.24, 2.45) is 5.73 Å². The molecule has 190 valence electrons. The first-order chi connectivity index (χ1) is 17.3. The quantitative estimate of drug-likeness (QED) is 0.406. The molecule has 1 aliphatic rings. The second kappa shape index (κ2) is 11.0. The maximum absolute atomic E-state index is 13.5. The van der Waals surface area contributed by atoms with Gasteiger partial charge in [-0.3, -0.25) is 19.4 Å². The highest BCUT2D eigenvalue weighted by Crippen LogP contribution is 2.23. The van der Waals surface area contributed by atoms with Crippen LogP contribution in [0.4, 0.5) is 4.39 Å². The van der Waals surface area contributed by atoms with Crippen molar-refractivity contribution in [1.29, 1.82) is 0 Å². The summed E-state index contributed by atoms with van der Waals surface area (Å²) in [6.07, 6.45) is 2.80. The van der Waals surface area contributed by atoms with Gasteiger partial charge in [-0.05, 0) is 48.6 Å². The number of carbonyl (C=O) groups is 2. The molecule has 36 heavy (non-hydrogen) atoms. The third-order valence-electron chi connectivity index (χ3n) is 6.49. The number of rotatable bonds is 9. The third-order valence-corrected chi connectivity index (χ3v) is 6.49. The largest absolute Gasteiger partial charge is 0.394 e. The number of carbonyl (C=O) groups excluding carboxylic acids is 2. The fourth-order valence-corrected chi connectivity index (χ4v) is 4.65. The summed E-state index contributed by atoms with van der Waals surface area (Å²) in [5.74, 6) is -1.28. The Morgan fingerprint density at radius 2 is 1.89 bits per heavy atom. The van der Waals surface area contributed by atoms with Crippen molar-refractivity contribution in [3.8, 4) is 0 Å². The molecule has 0 aliphatic carbocycles. The Morgan fingerprint density at radius 3 is 2.56 bits per heavy atom. The minimum Gasteiger partial charge on any atom is -0.394 e. The number of halogens is 1. The molecule has 1 aliphatic heterocycles. The van der Waals surface area contributed by atoms with Crippen molar-refractivity contribution in [3.63, 3.8) is 0 Å². The standard InChI is InChI=1S/C26H29FN4O5/c27-18-6-4-16(5-7-18)11-17-12-21-24(29-14-17)20(13-19(33)15-32)23(25(28)35)26(36)31(21)10-9-30-8-2-1-3-22(30)34/h4-7,12,14,19,32-33H,1-3,8-11,13,15H2,(H2,28,35). The number of aromatic nitrogens is 2. The van der Waals surface area contributed by atoms with Crippen LogP contribution >= 0.6 is 0 Å². The van der Waals surface area contributed by atoms with Gasteiger partial charge in [0.05, 0.1) is 23.7 Å². The van der Waals surface area contributed by atoms with Crippen LogP contribution < -0.4 is 11.3 Å². The number of benzene rings is 1. The van der Waals surface area contributed by atoms with E-state index in [0.717, 1.165) is 24.0 Å². The van der Waals surface area contributed by atoms with Crippen LogP contribution in [0, 0.1) is 5.82 Å². The van der Waals surface area contributed by atoms with Crippen molar-refractivity contribution in [2.45, 2.75) is 44.8 Å². The number of amides is 2. The molecule has 2 amide bonds. The summed E-state index contributed by atoms with van der Waals surface area (Å²) in [6.45, 7) is 0.449. The van der Waals surface area contributed by atoms with Crippen molar-refractivity contribution in [2.75, 3.05) is 19.7 Å². The lowest BCUT2D eigenvalue weighted by Crippen LogP contribution is -2.40. The summed E-state index contributed by atoms with van der Waals surface area (Å²) in [4.78, 5) is 44.4. The topological polar surface area (TPSA) is 139 Å². The normalized spacial score (nSPS) is 14.9. The zero-order valence-corrected chi connectivity index (χ0v) is 19.8. The number of hydrogen-bond acceptors (Lipinski definition) is 6. The van der Waals surface area contributed by atoms with Gasteiger partial charge in [0.25, 0.3) is 11.5 Å². The van der Waals surface area contributed by atoms with Crippen LogP contribution in [0.1, 0.15) is 46.3 Å². The molecule has 1 fully saturated rings. The van der Waals surface area contributed by atoms with E-state index in [2.05, 4.69) is 4.98 Å². The van der Waals surface area contributed by atoms with E-state index in [-0.39, 0.29) is 42.4 Å². The Balaban J connectivity index is 1.83. The zero-order chi connectivity index (χ0) is 25.8. The van der Waals surface area contributed by atoms with Crippen LogP contribution in [-0.2, 0) is 24.2 Å². The van der Waals surface area contributed by atoms with Crippen molar-refractivity contribution < 1.29 is 24.2 Å². The Bertz CT molecular complexity index is 1340. The number of nitrogens with zero attached hydrogens (tertiary/aromatic N) is 3. The fourth-order valence-electron chi connectivity index (χ4n) is 4.65. The van der Waals surface area contributed by atoms with Crippen LogP contribution in [0.25, 0.3) is 11.0 Å². The highest BCUT2D eigenvalue weighted by molar-refractivity contribution is 5.98. The summed E-state index contributed by atoms with van der Waals surface area (Å²) in [7, 11) is 0.